The lowest BCUT2D eigenvalue weighted by atomic mass is 10.0. The Hall–Kier alpha value is -3.38. The highest BCUT2D eigenvalue weighted by Crippen LogP contribution is 2.30. The first kappa shape index (κ1) is 19.9. The highest BCUT2D eigenvalue weighted by Gasteiger charge is 2.25. The van der Waals surface area contributed by atoms with E-state index in [0.717, 1.165) is 21.3 Å². The van der Waals surface area contributed by atoms with E-state index < -0.39 is 11.7 Å². The zero-order valence-corrected chi connectivity index (χ0v) is 17.8. The van der Waals surface area contributed by atoms with Gasteiger partial charge in [0.05, 0.1) is 6.61 Å². The molecule has 0 aliphatic heterocycles. The number of anilines is 1. The Morgan fingerprint density at radius 3 is 2.53 bits per heavy atom. The normalized spacial score (nSPS) is 10.7. The standard InChI is InChI=1S/C24H19BrN2O3/c1-2-30-20-11-9-16(10-12-20)21-15-19-8-3-4-13-27(19)22(21)23(28)24(29)26-18-7-5-6-17(25)14-18/h3-15H,2H2,1H3,(H,26,29). The summed E-state index contributed by atoms with van der Waals surface area (Å²) in [6.07, 6.45) is 1.78. The maximum absolute atomic E-state index is 13.2. The van der Waals surface area contributed by atoms with Crippen LogP contribution in [0.25, 0.3) is 16.6 Å². The molecule has 150 valence electrons. The van der Waals surface area contributed by atoms with Crippen LogP contribution in [0.1, 0.15) is 17.4 Å². The molecule has 0 saturated heterocycles. The number of Topliss-reactive ketones (excluding diaryl/α,β-unsaturated/α-hetero) is 1. The van der Waals surface area contributed by atoms with Crippen molar-refractivity contribution in [3.8, 4) is 16.9 Å². The first-order valence-electron chi connectivity index (χ1n) is 9.51. The minimum Gasteiger partial charge on any atom is -0.494 e. The number of carbonyl (C=O) groups excluding carboxylic acids is 2. The van der Waals surface area contributed by atoms with Crippen molar-refractivity contribution in [1.29, 1.82) is 0 Å². The van der Waals surface area contributed by atoms with Crippen LogP contribution in [0, 0.1) is 0 Å². The van der Waals surface area contributed by atoms with Gasteiger partial charge < -0.3 is 14.5 Å². The number of fused-ring (bicyclic) bond motifs is 1. The second kappa shape index (κ2) is 8.55. The number of hydrogen-bond acceptors (Lipinski definition) is 3. The SMILES string of the molecule is CCOc1ccc(-c2cc3ccccn3c2C(=O)C(=O)Nc2cccc(Br)c2)cc1. The summed E-state index contributed by atoms with van der Waals surface area (Å²) in [7, 11) is 0. The lowest BCUT2D eigenvalue weighted by Gasteiger charge is -2.09. The lowest BCUT2D eigenvalue weighted by molar-refractivity contribution is -0.112. The third-order valence-corrected chi connectivity index (χ3v) is 5.15. The number of rotatable bonds is 6. The summed E-state index contributed by atoms with van der Waals surface area (Å²) in [6.45, 7) is 2.50. The fraction of sp³-hybridized carbons (Fsp3) is 0.0833. The molecule has 1 amide bonds. The Kier molecular flexibility index (Phi) is 5.68. The Labute approximate surface area is 182 Å². The van der Waals surface area contributed by atoms with E-state index in [9.17, 15) is 9.59 Å². The number of carbonyl (C=O) groups is 2. The van der Waals surface area contributed by atoms with Crippen molar-refractivity contribution < 1.29 is 14.3 Å². The van der Waals surface area contributed by atoms with Gasteiger partial charge in [0.2, 0.25) is 0 Å². The number of pyridine rings is 1. The van der Waals surface area contributed by atoms with Gasteiger partial charge in [-0.25, -0.2) is 0 Å². The average molecular weight is 463 g/mol. The van der Waals surface area contributed by atoms with E-state index in [4.69, 9.17) is 4.74 Å². The third kappa shape index (κ3) is 4.00. The van der Waals surface area contributed by atoms with Crippen LogP contribution in [0.5, 0.6) is 5.75 Å². The fourth-order valence-corrected chi connectivity index (χ4v) is 3.73. The largest absolute Gasteiger partial charge is 0.494 e. The lowest BCUT2D eigenvalue weighted by Crippen LogP contribution is -2.24. The molecule has 0 aliphatic carbocycles. The zero-order chi connectivity index (χ0) is 21.1. The van der Waals surface area contributed by atoms with E-state index in [0.29, 0.717) is 23.6 Å². The first-order valence-corrected chi connectivity index (χ1v) is 10.3. The minimum atomic E-state index is -0.691. The van der Waals surface area contributed by atoms with Crippen molar-refractivity contribution in [2.75, 3.05) is 11.9 Å². The Balaban J connectivity index is 1.74. The van der Waals surface area contributed by atoms with Gasteiger partial charge in [0.1, 0.15) is 11.4 Å². The molecular formula is C24H19BrN2O3. The Morgan fingerprint density at radius 1 is 1.00 bits per heavy atom. The predicted octanol–water partition coefficient (Wildman–Crippen LogP) is 5.59. The molecule has 0 saturated carbocycles. The summed E-state index contributed by atoms with van der Waals surface area (Å²) in [5.74, 6) is -0.542. The fourth-order valence-electron chi connectivity index (χ4n) is 3.33. The summed E-state index contributed by atoms with van der Waals surface area (Å²) in [5.41, 5.74) is 3.23. The smallest absolute Gasteiger partial charge is 0.298 e. The van der Waals surface area contributed by atoms with Gasteiger partial charge in [-0.2, -0.15) is 0 Å². The van der Waals surface area contributed by atoms with Gasteiger partial charge in [0, 0.05) is 27.4 Å². The van der Waals surface area contributed by atoms with E-state index in [1.807, 2.05) is 61.5 Å². The number of hydrogen-bond donors (Lipinski definition) is 1. The molecule has 0 atom stereocenters. The van der Waals surface area contributed by atoms with Crippen molar-refractivity contribution in [3.63, 3.8) is 0 Å². The topological polar surface area (TPSA) is 59.8 Å². The van der Waals surface area contributed by atoms with Crippen LogP contribution in [-0.2, 0) is 4.79 Å². The number of nitrogens with one attached hydrogen (secondary N) is 1. The second-order valence-corrected chi connectivity index (χ2v) is 7.57. The third-order valence-electron chi connectivity index (χ3n) is 4.66. The zero-order valence-electron chi connectivity index (χ0n) is 16.3. The van der Waals surface area contributed by atoms with Crippen molar-refractivity contribution >= 4 is 38.8 Å². The number of benzene rings is 2. The molecular weight excluding hydrogens is 444 g/mol. The van der Waals surface area contributed by atoms with E-state index in [1.165, 1.54) is 0 Å². The Morgan fingerprint density at radius 2 is 1.80 bits per heavy atom. The van der Waals surface area contributed by atoms with Gasteiger partial charge in [-0.15, -0.1) is 0 Å². The number of halogens is 1. The molecule has 6 heteroatoms. The van der Waals surface area contributed by atoms with Gasteiger partial charge in [-0.05, 0) is 61.0 Å². The maximum atomic E-state index is 13.2. The summed E-state index contributed by atoms with van der Waals surface area (Å²) in [6, 6.07) is 22.2. The molecule has 5 nitrogen and oxygen atoms in total. The number of aromatic nitrogens is 1. The molecule has 4 rings (SSSR count). The first-order chi connectivity index (χ1) is 14.6. The van der Waals surface area contributed by atoms with Gasteiger partial charge >= 0.3 is 0 Å². The maximum Gasteiger partial charge on any atom is 0.298 e. The minimum absolute atomic E-state index is 0.322. The van der Waals surface area contributed by atoms with Crippen molar-refractivity contribution in [2.45, 2.75) is 6.92 Å². The molecule has 0 spiro atoms. The molecule has 2 aromatic heterocycles. The van der Waals surface area contributed by atoms with Crippen LogP contribution < -0.4 is 10.1 Å². The molecule has 2 aromatic carbocycles. The molecule has 0 fully saturated rings. The molecule has 1 N–H and O–H groups in total. The van der Waals surface area contributed by atoms with Crippen molar-refractivity contribution in [2.24, 2.45) is 0 Å². The summed E-state index contributed by atoms with van der Waals surface area (Å²) in [5, 5.41) is 2.69. The predicted molar refractivity (Wildman–Crippen MR) is 121 cm³/mol. The van der Waals surface area contributed by atoms with E-state index >= 15 is 0 Å². The second-order valence-electron chi connectivity index (χ2n) is 6.65. The highest BCUT2D eigenvalue weighted by atomic mass is 79.9. The average Bonchev–Trinajstić information content (AvgIpc) is 3.13. The molecule has 4 aromatic rings. The highest BCUT2D eigenvalue weighted by molar-refractivity contribution is 9.10. The number of ether oxygens (including phenoxy) is 1. The monoisotopic (exact) mass is 462 g/mol. The molecule has 0 bridgehead atoms. The molecule has 30 heavy (non-hydrogen) atoms. The van der Waals surface area contributed by atoms with Gasteiger partial charge in [-0.3, -0.25) is 9.59 Å². The summed E-state index contributed by atoms with van der Waals surface area (Å²) in [4.78, 5) is 26.0. The quantitative estimate of drug-likeness (QED) is 0.300. The molecule has 0 radical (unpaired) electrons. The number of nitrogens with zero attached hydrogens (tertiary/aromatic N) is 1. The van der Waals surface area contributed by atoms with Crippen LogP contribution in [-0.4, -0.2) is 22.7 Å². The van der Waals surface area contributed by atoms with Crippen molar-refractivity contribution in [3.05, 3.63) is 89.2 Å². The van der Waals surface area contributed by atoms with Gasteiger partial charge in [0.15, 0.2) is 0 Å². The Bertz CT molecular complexity index is 1230. The van der Waals surface area contributed by atoms with Crippen LogP contribution in [0.3, 0.4) is 0 Å². The van der Waals surface area contributed by atoms with Crippen LogP contribution >= 0.6 is 15.9 Å². The number of amides is 1. The molecule has 0 aliphatic rings. The van der Waals surface area contributed by atoms with Crippen LogP contribution in [0.15, 0.2) is 83.5 Å². The van der Waals surface area contributed by atoms with E-state index in [1.54, 1.807) is 28.8 Å². The van der Waals surface area contributed by atoms with E-state index in [-0.39, 0.29) is 0 Å². The molecule has 2 heterocycles. The number of ketones is 1. The van der Waals surface area contributed by atoms with Gasteiger partial charge in [-0.1, -0.05) is 40.2 Å². The van der Waals surface area contributed by atoms with Crippen LogP contribution in [0.4, 0.5) is 5.69 Å². The van der Waals surface area contributed by atoms with E-state index in [2.05, 4.69) is 21.2 Å². The summed E-state index contributed by atoms with van der Waals surface area (Å²) < 4.78 is 8.07. The van der Waals surface area contributed by atoms with Crippen molar-refractivity contribution in [1.82, 2.24) is 4.40 Å². The van der Waals surface area contributed by atoms with Gasteiger partial charge in [0.25, 0.3) is 11.7 Å². The summed E-state index contributed by atoms with van der Waals surface area (Å²) >= 11 is 3.37. The van der Waals surface area contributed by atoms with Crippen LogP contribution in [0.2, 0.25) is 0 Å². The molecule has 0 unspecified atom stereocenters.